The van der Waals surface area contributed by atoms with E-state index in [0.29, 0.717) is 16.6 Å². The fraction of sp³-hybridized carbons (Fsp3) is 0.250. The molecule has 0 atom stereocenters. The molecular formula is C12H10F3NO2. The molecule has 0 aliphatic carbocycles. The van der Waals surface area contributed by atoms with Crippen molar-refractivity contribution in [1.82, 2.24) is 4.98 Å². The summed E-state index contributed by atoms with van der Waals surface area (Å²) in [6, 6.07) is 5.61. The number of hydrogen-bond donors (Lipinski definition) is 1. The lowest BCUT2D eigenvalue weighted by atomic mass is 10.2. The van der Waals surface area contributed by atoms with Crippen molar-refractivity contribution >= 4 is 10.9 Å². The fourth-order valence-electron chi connectivity index (χ4n) is 1.61. The number of alkyl halides is 3. The van der Waals surface area contributed by atoms with Crippen LogP contribution in [0.3, 0.4) is 0 Å². The topological polar surface area (TPSA) is 42.1 Å². The van der Waals surface area contributed by atoms with Crippen molar-refractivity contribution in [3.05, 3.63) is 40.2 Å². The molecule has 1 heterocycles. The smallest absolute Gasteiger partial charge is 0.422 e. The molecule has 0 aliphatic rings. The molecule has 0 unspecified atom stereocenters. The van der Waals surface area contributed by atoms with Gasteiger partial charge in [-0.15, -0.1) is 0 Å². The molecule has 6 heteroatoms. The molecule has 0 bridgehead atoms. The number of halogens is 3. The number of ether oxygens (including phenoxy) is 1. The molecule has 1 aromatic carbocycles. The van der Waals surface area contributed by atoms with E-state index in [1.54, 1.807) is 6.92 Å². The van der Waals surface area contributed by atoms with Gasteiger partial charge in [-0.2, -0.15) is 13.2 Å². The van der Waals surface area contributed by atoms with E-state index in [2.05, 4.69) is 9.72 Å². The lowest BCUT2D eigenvalue weighted by Crippen LogP contribution is -2.19. The average Bonchev–Trinajstić information content (AvgIpc) is 2.25. The van der Waals surface area contributed by atoms with Crippen LogP contribution in [0.25, 0.3) is 10.9 Å². The van der Waals surface area contributed by atoms with Gasteiger partial charge in [0.25, 0.3) is 0 Å². The van der Waals surface area contributed by atoms with Gasteiger partial charge in [0.15, 0.2) is 12.0 Å². The minimum Gasteiger partial charge on any atom is -0.484 e. The third-order valence-corrected chi connectivity index (χ3v) is 2.34. The van der Waals surface area contributed by atoms with Crippen LogP contribution >= 0.6 is 0 Å². The Hall–Kier alpha value is -1.98. The molecule has 0 fully saturated rings. The molecule has 0 radical (unpaired) electrons. The highest BCUT2D eigenvalue weighted by molar-refractivity contribution is 5.80. The van der Waals surface area contributed by atoms with Gasteiger partial charge in [-0.05, 0) is 25.1 Å². The predicted molar refractivity (Wildman–Crippen MR) is 60.9 cm³/mol. The van der Waals surface area contributed by atoms with E-state index >= 15 is 0 Å². The molecule has 0 saturated carbocycles. The van der Waals surface area contributed by atoms with Crippen LogP contribution in [0.2, 0.25) is 0 Å². The molecule has 1 aromatic heterocycles. The van der Waals surface area contributed by atoms with Crippen molar-refractivity contribution in [2.45, 2.75) is 13.1 Å². The second-order valence-electron chi connectivity index (χ2n) is 3.93. The fourth-order valence-corrected chi connectivity index (χ4v) is 1.61. The SMILES string of the molecule is Cc1cc(=O)c2cc(OCC(F)(F)F)ccc2[nH]1. The van der Waals surface area contributed by atoms with Crippen molar-refractivity contribution in [2.24, 2.45) is 0 Å². The van der Waals surface area contributed by atoms with Gasteiger partial charge in [0.05, 0.1) is 0 Å². The van der Waals surface area contributed by atoms with E-state index < -0.39 is 12.8 Å². The zero-order valence-corrected chi connectivity index (χ0v) is 9.47. The molecule has 18 heavy (non-hydrogen) atoms. The maximum atomic E-state index is 12.0. The molecule has 1 N–H and O–H groups in total. The third kappa shape index (κ3) is 2.82. The monoisotopic (exact) mass is 257 g/mol. The number of nitrogens with one attached hydrogen (secondary N) is 1. The first-order valence-electron chi connectivity index (χ1n) is 5.18. The predicted octanol–water partition coefficient (Wildman–Crippen LogP) is 2.78. The van der Waals surface area contributed by atoms with Crippen LogP contribution < -0.4 is 10.2 Å². The number of rotatable bonds is 2. The number of hydrogen-bond acceptors (Lipinski definition) is 2. The van der Waals surface area contributed by atoms with E-state index in [0.717, 1.165) is 0 Å². The molecule has 0 saturated heterocycles. The van der Waals surface area contributed by atoms with Crippen molar-refractivity contribution in [3.63, 3.8) is 0 Å². The Balaban J connectivity index is 2.36. The summed E-state index contributed by atoms with van der Waals surface area (Å²) in [5.74, 6) is 0.0224. The van der Waals surface area contributed by atoms with Crippen molar-refractivity contribution in [3.8, 4) is 5.75 Å². The number of H-pyrrole nitrogens is 1. The number of pyridine rings is 1. The van der Waals surface area contributed by atoms with Crippen LogP contribution in [0.5, 0.6) is 5.75 Å². The Labute approximate surface area is 100 Å². The van der Waals surface area contributed by atoms with Crippen molar-refractivity contribution in [1.29, 1.82) is 0 Å². The number of aromatic amines is 1. The summed E-state index contributed by atoms with van der Waals surface area (Å²) in [6.07, 6.45) is -4.39. The lowest BCUT2D eigenvalue weighted by molar-refractivity contribution is -0.153. The molecule has 2 aromatic rings. The normalized spacial score (nSPS) is 11.8. The van der Waals surface area contributed by atoms with E-state index in [4.69, 9.17) is 0 Å². The highest BCUT2D eigenvalue weighted by atomic mass is 19.4. The summed E-state index contributed by atoms with van der Waals surface area (Å²) in [5, 5.41) is 0.306. The highest BCUT2D eigenvalue weighted by Crippen LogP contribution is 2.21. The number of benzene rings is 1. The van der Waals surface area contributed by atoms with Crippen molar-refractivity contribution < 1.29 is 17.9 Å². The summed E-state index contributed by atoms with van der Waals surface area (Å²) in [7, 11) is 0. The standard InChI is InChI=1S/C12H10F3NO2/c1-7-4-11(17)9-5-8(2-3-10(9)16-7)18-6-12(13,14)15/h2-5H,6H2,1H3,(H,16,17). The average molecular weight is 257 g/mol. The second kappa shape index (κ2) is 4.36. The Bertz CT molecular complexity index is 631. The van der Waals surface area contributed by atoms with Gasteiger partial charge in [-0.1, -0.05) is 0 Å². The Morgan fingerprint density at radius 3 is 2.67 bits per heavy atom. The van der Waals surface area contributed by atoms with Crippen molar-refractivity contribution in [2.75, 3.05) is 6.61 Å². The van der Waals surface area contributed by atoms with Gasteiger partial charge >= 0.3 is 6.18 Å². The van der Waals surface area contributed by atoms with Gasteiger partial charge in [-0.3, -0.25) is 4.79 Å². The third-order valence-electron chi connectivity index (χ3n) is 2.34. The maximum absolute atomic E-state index is 12.0. The first kappa shape index (κ1) is 12.5. The summed E-state index contributed by atoms with van der Waals surface area (Å²) in [5.41, 5.74) is 1.01. The Kier molecular flexibility index (Phi) is 3.02. The number of aryl methyl sites for hydroxylation is 1. The van der Waals surface area contributed by atoms with Crippen LogP contribution in [0.1, 0.15) is 5.69 Å². The minimum atomic E-state index is -4.39. The van der Waals surface area contributed by atoms with Crippen LogP contribution in [-0.4, -0.2) is 17.8 Å². The maximum Gasteiger partial charge on any atom is 0.422 e. The number of fused-ring (bicyclic) bond motifs is 1. The molecule has 3 nitrogen and oxygen atoms in total. The molecule has 2 rings (SSSR count). The van der Waals surface area contributed by atoms with Gasteiger partial charge in [0.2, 0.25) is 0 Å². The first-order valence-corrected chi connectivity index (χ1v) is 5.18. The largest absolute Gasteiger partial charge is 0.484 e. The summed E-state index contributed by atoms with van der Waals surface area (Å²) >= 11 is 0. The quantitative estimate of drug-likeness (QED) is 0.898. The Morgan fingerprint density at radius 1 is 1.28 bits per heavy atom. The highest BCUT2D eigenvalue weighted by Gasteiger charge is 2.28. The molecule has 0 aliphatic heterocycles. The van der Waals surface area contributed by atoms with E-state index in [1.807, 2.05) is 0 Å². The first-order chi connectivity index (χ1) is 8.35. The summed E-state index contributed by atoms with van der Waals surface area (Å²) < 4.78 is 40.6. The lowest BCUT2D eigenvalue weighted by Gasteiger charge is -2.09. The van der Waals surface area contributed by atoms with Crippen LogP contribution in [0.4, 0.5) is 13.2 Å². The molecule has 0 spiro atoms. The summed E-state index contributed by atoms with van der Waals surface area (Å²) in [4.78, 5) is 14.6. The zero-order valence-electron chi connectivity index (χ0n) is 9.47. The van der Waals surface area contributed by atoms with E-state index in [-0.39, 0.29) is 11.2 Å². The number of aromatic nitrogens is 1. The van der Waals surface area contributed by atoms with E-state index in [9.17, 15) is 18.0 Å². The molecule has 96 valence electrons. The molecule has 0 amide bonds. The summed E-state index contributed by atoms with van der Waals surface area (Å²) in [6.45, 7) is 0.358. The van der Waals surface area contributed by atoms with Gasteiger partial charge < -0.3 is 9.72 Å². The van der Waals surface area contributed by atoms with Gasteiger partial charge in [0, 0.05) is 22.7 Å². The zero-order chi connectivity index (χ0) is 13.3. The minimum absolute atomic E-state index is 0.0224. The van der Waals surface area contributed by atoms with Gasteiger partial charge in [-0.25, -0.2) is 0 Å². The van der Waals surface area contributed by atoms with Crippen LogP contribution in [0.15, 0.2) is 29.1 Å². The second-order valence-corrected chi connectivity index (χ2v) is 3.93. The molecular weight excluding hydrogens is 247 g/mol. The van der Waals surface area contributed by atoms with Gasteiger partial charge in [0.1, 0.15) is 5.75 Å². The Morgan fingerprint density at radius 2 is 2.00 bits per heavy atom. The van der Waals surface area contributed by atoms with E-state index in [1.165, 1.54) is 24.3 Å². The van der Waals surface area contributed by atoms with Crippen LogP contribution in [-0.2, 0) is 0 Å². The van der Waals surface area contributed by atoms with Crippen LogP contribution in [0, 0.1) is 6.92 Å².